The first-order chi connectivity index (χ1) is 6.62. The van der Waals surface area contributed by atoms with Crippen molar-refractivity contribution in [1.29, 1.82) is 0 Å². The third-order valence-electron chi connectivity index (χ3n) is 2.96. The summed E-state index contributed by atoms with van der Waals surface area (Å²) >= 11 is 0. The number of rotatable bonds is 6. The summed E-state index contributed by atoms with van der Waals surface area (Å²) < 4.78 is 0. The van der Waals surface area contributed by atoms with Crippen LogP contribution in [0.1, 0.15) is 80.1 Å². The van der Waals surface area contributed by atoms with Gasteiger partial charge in [-0.3, -0.25) is 0 Å². The molecule has 0 nitrogen and oxygen atoms in total. The van der Waals surface area contributed by atoms with Crippen LogP contribution < -0.4 is 0 Å². The van der Waals surface area contributed by atoms with Gasteiger partial charge in [0.2, 0.25) is 0 Å². The fourth-order valence-corrected chi connectivity index (χ4v) is 1.42. The van der Waals surface area contributed by atoms with Crippen LogP contribution in [0, 0.1) is 11.8 Å². The molecule has 0 unspecified atom stereocenters. The highest BCUT2D eigenvalue weighted by Gasteiger charge is 1.95. The van der Waals surface area contributed by atoms with Gasteiger partial charge in [-0.25, -0.2) is 0 Å². The van der Waals surface area contributed by atoms with E-state index in [0.717, 1.165) is 11.8 Å². The molecule has 0 N–H and O–H groups in total. The third kappa shape index (κ3) is 14.5. The molecule has 88 valence electrons. The Bertz CT molecular complexity index is 76.0. The van der Waals surface area contributed by atoms with Crippen LogP contribution in [-0.2, 0) is 0 Å². The van der Waals surface area contributed by atoms with E-state index in [2.05, 4.69) is 41.5 Å². The normalized spacial score (nSPS) is 10.3. The maximum Gasteiger partial charge on any atom is -0.0443 e. The average molecular weight is 200 g/mol. The van der Waals surface area contributed by atoms with Gasteiger partial charge in [0.1, 0.15) is 0 Å². The zero-order chi connectivity index (χ0) is 11.4. The lowest BCUT2D eigenvalue weighted by atomic mass is 10.0. The molecule has 0 spiro atoms. The largest absolute Gasteiger partial charge is 0.0654 e. The molecular formula is C14H32. The quantitative estimate of drug-likeness (QED) is 0.518. The van der Waals surface area contributed by atoms with Crippen molar-refractivity contribution in [2.24, 2.45) is 11.8 Å². The molecule has 0 atom stereocenters. The van der Waals surface area contributed by atoms with Crippen molar-refractivity contribution in [3.05, 3.63) is 0 Å². The topological polar surface area (TPSA) is 0 Å². The van der Waals surface area contributed by atoms with E-state index < -0.39 is 0 Å². The molecule has 0 radical (unpaired) electrons. The van der Waals surface area contributed by atoms with Crippen LogP contribution in [0.3, 0.4) is 0 Å². The predicted molar refractivity (Wildman–Crippen MR) is 68.7 cm³/mol. The molecule has 0 aromatic carbocycles. The summed E-state index contributed by atoms with van der Waals surface area (Å²) in [5, 5.41) is 0. The second-order valence-electron chi connectivity index (χ2n) is 4.60. The van der Waals surface area contributed by atoms with E-state index in [1.54, 1.807) is 0 Å². The van der Waals surface area contributed by atoms with Crippen LogP contribution in [0.2, 0.25) is 0 Å². The lowest BCUT2D eigenvalue weighted by molar-refractivity contribution is 0.480. The van der Waals surface area contributed by atoms with E-state index in [1.165, 1.54) is 38.5 Å². The highest BCUT2D eigenvalue weighted by Crippen LogP contribution is 2.10. The van der Waals surface area contributed by atoms with E-state index in [-0.39, 0.29) is 0 Å². The van der Waals surface area contributed by atoms with Gasteiger partial charge in [-0.2, -0.15) is 0 Å². The van der Waals surface area contributed by atoms with Gasteiger partial charge in [-0.1, -0.05) is 80.1 Å². The zero-order valence-electron chi connectivity index (χ0n) is 11.4. The molecule has 0 aliphatic heterocycles. The first-order valence-corrected chi connectivity index (χ1v) is 6.62. The van der Waals surface area contributed by atoms with Crippen molar-refractivity contribution in [3.8, 4) is 0 Å². The maximum atomic E-state index is 2.34. The van der Waals surface area contributed by atoms with Crippen LogP contribution in [0.15, 0.2) is 0 Å². The minimum Gasteiger partial charge on any atom is -0.0654 e. The summed E-state index contributed by atoms with van der Waals surface area (Å²) in [6, 6.07) is 0. The van der Waals surface area contributed by atoms with Crippen LogP contribution in [0.25, 0.3) is 0 Å². The Kier molecular flexibility index (Phi) is 15.3. The Labute approximate surface area is 92.5 Å². The average Bonchev–Trinajstić information content (AvgIpc) is 2.18. The van der Waals surface area contributed by atoms with Crippen molar-refractivity contribution in [1.82, 2.24) is 0 Å². The van der Waals surface area contributed by atoms with Crippen LogP contribution in [-0.4, -0.2) is 0 Å². The lowest BCUT2D eigenvalue weighted by Crippen LogP contribution is -1.91. The maximum absolute atomic E-state index is 2.34. The molecule has 0 aliphatic carbocycles. The molecule has 0 aliphatic rings. The SMILES string of the molecule is CCC(C)CC.CCCC(C)CCC. The van der Waals surface area contributed by atoms with Gasteiger partial charge in [0.15, 0.2) is 0 Å². The minimum atomic E-state index is 0.935. The first kappa shape index (κ1) is 16.4. The Morgan fingerprint density at radius 3 is 1.14 bits per heavy atom. The van der Waals surface area contributed by atoms with Crippen molar-refractivity contribution in [2.75, 3.05) is 0 Å². The molecule has 0 heteroatoms. The van der Waals surface area contributed by atoms with Gasteiger partial charge < -0.3 is 0 Å². The Morgan fingerprint density at radius 1 is 0.643 bits per heavy atom. The summed E-state index contributed by atoms with van der Waals surface area (Å²) in [5.74, 6) is 1.90. The summed E-state index contributed by atoms with van der Waals surface area (Å²) in [5.41, 5.74) is 0. The van der Waals surface area contributed by atoms with Crippen LogP contribution in [0.4, 0.5) is 0 Å². The second kappa shape index (κ2) is 13.0. The standard InChI is InChI=1S/C8H18.C6H14/c1-4-6-8(3)7-5-2;1-4-6(3)5-2/h8H,4-7H2,1-3H3;6H,4-5H2,1-3H3. The van der Waals surface area contributed by atoms with Crippen molar-refractivity contribution in [3.63, 3.8) is 0 Å². The van der Waals surface area contributed by atoms with Gasteiger partial charge in [-0.15, -0.1) is 0 Å². The van der Waals surface area contributed by atoms with E-state index >= 15 is 0 Å². The second-order valence-corrected chi connectivity index (χ2v) is 4.60. The molecule has 0 aromatic heterocycles. The molecule has 0 bridgehead atoms. The minimum absolute atomic E-state index is 0.935. The summed E-state index contributed by atoms with van der Waals surface area (Å²) in [6.07, 6.45) is 8.18. The highest BCUT2D eigenvalue weighted by molar-refractivity contribution is 4.48. The summed E-state index contributed by atoms with van der Waals surface area (Å²) in [7, 11) is 0. The smallest absolute Gasteiger partial charge is 0.0443 e. The molecule has 14 heavy (non-hydrogen) atoms. The molecule has 0 saturated carbocycles. The van der Waals surface area contributed by atoms with E-state index in [9.17, 15) is 0 Å². The van der Waals surface area contributed by atoms with Crippen LogP contribution in [0.5, 0.6) is 0 Å². The zero-order valence-corrected chi connectivity index (χ0v) is 11.4. The van der Waals surface area contributed by atoms with Gasteiger partial charge in [-0.05, 0) is 11.8 Å². The Morgan fingerprint density at radius 2 is 1.00 bits per heavy atom. The Hall–Kier alpha value is 0. The van der Waals surface area contributed by atoms with Crippen molar-refractivity contribution >= 4 is 0 Å². The number of hydrogen-bond donors (Lipinski definition) is 0. The van der Waals surface area contributed by atoms with Gasteiger partial charge in [0.05, 0.1) is 0 Å². The Balaban J connectivity index is 0. The van der Waals surface area contributed by atoms with E-state index in [0.29, 0.717) is 0 Å². The number of hydrogen-bond acceptors (Lipinski definition) is 0. The predicted octanol–water partition coefficient (Wildman–Crippen LogP) is 5.67. The fourth-order valence-electron chi connectivity index (χ4n) is 1.42. The van der Waals surface area contributed by atoms with Crippen LogP contribution >= 0.6 is 0 Å². The van der Waals surface area contributed by atoms with E-state index in [1.807, 2.05) is 0 Å². The molecular weight excluding hydrogens is 168 g/mol. The van der Waals surface area contributed by atoms with Crippen molar-refractivity contribution < 1.29 is 0 Å². The molecule has 0 amide bonds. The monoisotopic (exact) mass is 200 g/mol. The summed E-state index contributed by atoms with van der Waals surface area (Å²) in [4.78, 5) is 0. The first-order valence-electron chi connectivity index (χ1n) is 6.62. The fraction of sp³-hybridized carbons (Fsp3) is 1.00. The van der Waals surface area contributed by atoms with E-state index in [4.69, 9.17) is 0 Å². The molecule has 0 heterocycles. The molecule has 0 fully saturated rings. The van der Waals surface area contributed by atoms with Gasteiger partial charge in [0.25, 0.3) is 0 Å². The molecule has 0 saturated heterocycles. The molecule has 0 rings (SSSR count). The third-order valence-corrected chi connectivity index (χ3v) is 2.96. The van der Waals surface area contributed by atoms with Crippen molar-refractivity contribution in [2.45, 2.75) is 80.1 Å². The highest BCUT2D eigenvalue weighted by atomic mass is 14.0. The van der Waals surface area contributed by atoms with Gasteiger partial charge in [0, 0.05) is 0 Å². The summed E-state index contributed by atoms with van der Waals surface area (Å²) in [6.45, 7) is 13.6. The lowest BCUT2D eigenvalue weighted by Gasteiger charge is -2.05. The van der Waals surface area contributed by atoms with Gasteiger partial charge >= 0.3 is 0 Å². The molecule has 0 aromatic rings.